The van der Waals surface area contributed by atoms with E-state index in [9.17, 15) is 4.79 Å². The van der Waals surface area contributed by atoms with Gasteiger partial charge < -0.3 is 10.1 Å². The normalized spacial score (nSPS) is 10.8. The molecule has 5 nitrogen and oxygen atoms in total. The summed E-state index contributed by atoms with van der Waals surface area (Å²) in [5.74, 6) is 0.798. The van der Waals surface area contributed by atoms with E-state index in [-0.39, 0.29) is 5.91 Å². The quantitative estimate of drug-likeness (QED) is 0.717. The minimum atomic E-state index is -0.0696. The molecule has 0 aliphatic heterocycles. The van der Waals surface area contributed by atoms with Crippen molar-refractivity contribution in [3.05, 3.63) is 68.7 Å². The lowest BCUT2D eigenvalue weighted by Gasteiger charge is -2.07. The molecule has 0 spiro atoms. The molecule has 6 heteroatoms. The average molecular weight is 369 g/mol. The monoisotopic (exact) mass is 369 g/mol. The number of para-hydroxylation sites is 1. The zero-order chi connectivity index (χ0) is 18.7. The molecular formula is C20H23N3O2S. The summed E-state index contributed by atoms with van der Waals surface area (Å²) in [6.07, 6.45) is 0. The van der Waals surface area contributed by atoms with E-state index in [1.165, 1.54) is 11.3 Å². The Labute approximate surface area is 157 Å². The Bertz CT molecular complexity index is 927. The Morgan fingerprint density at radius 3 is 2.73 bits per heavy atom. The van der Waals surface area contributed by atoms with Gasteiger partial charge in [-0.2, -0.15) is 5.10 Å². The minimum Gasteiger partial charge on any atom is -0.489 e. The summed E-state index contributed by atoms with van der Waals surface area (Å²) in [6, 6.07) is 9.80. The second-order valence-corrected chi connectivity index (χ2v) is 7.24. The summed E-state index contributed by atoms with van der Waals surface area (Å²) < 4.78 is 7.68. The molecule has 1 N–H and O–H groups in total. The maximum atomic E-state index is 12.4. The molecule has 0 radical (unpaired) electrons. The number of hydrogen-bond acceptors (Lipinski definition) is 4. The van der Waals surface area contributed by atoms with Crippen molar-refractivity contribution in [3.8, 4) is 5.75 Å². The number of thiophene rings is 1. The number of carbonyl (C=O) groups is 1. The molecule has 0 aliphatic rings. The Balaban J connectivity index is 1.58. The molecule has 1 amide bonds. The number of nitrogens with one attached hydrogen (secondary N) is 1. The van der Waals surface area contributed by atoms with E-state index < -0.39 is 0 Å². The summed E-state index contributed by atoms with van der Waals surface area (Å²) in [5.41, 5.74) is 5.19. The molecule has 0 atom stereocenters. The van der Waals surface area contributed by atoms with Gasteiger partial charge in [-0.05, 0) is 43.8 Å². The van der Waals surface area contributed by atoms with Gasteiger partial charge in [-0.15, -0.1) is 11.3 Å². The highest BCUT2D eigenvalue weighted by Gasteiger charge is 2.13. The van der Waals surface area contributed by atoms with Gasteiger partial charge in [0.15, 0.2) is 0 Å². The first-order chi connectivity index (χ1) is 12.5. The first-order valence-corrected chi connectivity index (χ1v) is 9.36. The van der Waals surface area contributed by atoms with Crippen molar-refractivity contribution in [2.24, 2.45) is 7.05 Å². The SMILES string of the molecule is Cc1ccccc1OCc1csc(C(=O)NCc2c(C)nn(C)c2C)c1. The van der Waals surface area contributed by atoms with Crippen molar-refractivity contribution in [1.29, 1.82) is 0 Å². The lowest BCUT2D eigenvalue weighted by molar-refractivity contribution is 0.0955. The summed E-state index contributed by atoms with van der Waals surface area (Å²) in [4.78, 5) is 13.1. The standard InChI is InChI=1S/C20H23N3O2S/c1-13-7-5-6-8-18(13)25-11-16-9-19(26-12-16)20(24)21-10-17-14(2)22-23(4)15(17)3/h5-9,12H,10-11H2,1-4H3,(H,21,24). The highest BCUT2D eigenvalue weighted by Crippen LogP contribution is 2.21. The lowest BCUT2D eigenvalue weighted by Crippen LogP contribution is -2.22. The molecule has 2 heterocycles. The molecular weight excluding hydrogens is 346 g/mol. The maximum Gasteiger partial charge on any atom is 0.261 e. The fourth-order valence-corrected chi connectivity index (χ4v) is 3.59. The van der Waals surface area contributed by atoms with Gasteiger partial charge in [0.25, 0.3) is 5.91 Å². The van der Waals surface area contributed by atoms with Crippen LogP contribution in [0.1, 0.15) is 37.7 Å². The van der Waals surface area contributed by atoms with Gasteiger partial charge in [-0.1, -0.05) is 18.2 Å². The molecule has 0 saturated heterocycles. The Kier molecular flexibility index (Phi) is 5.42. The fourth-order valence-electron chi connectivity index (χ4n) is 2.78. The molecule has 0 bridgehead atoms. The summed E-state index contributed by atoms with van der Waals surface area (Å²) in [6.45, 7) is 6.92. The van der Waals surface area contributed by atoms with E-state index in [0.29, 0.717) is 18.0 Å². The molecule has 0 fully saturated rings. The highest BCUT2D eigenvalue weighted by atomic mass is 32.1. The van der Waals surface area contributed by atoms with Crippen molar-refractivity contribution < 1.29 is 9.53 Å². The molecule has 136 valence electrons. The van der Waals surface area contributed by atoms with E-state index in [1.54, 1.807) is 0 Å². The number of ether oxygens (including phenoxy) is 1. The van der Waals surface area contributed by atoms with Gasteiger partial charge >= 0.3 is 0 Å². The molecule has 3 rings (SSSR count). The summed E-state index contributed by atoms with van der Waals surface area (Å²) >= 11 is 1.43. The number of hydrogen-bond donors (Lipinski definition) is 1. The summed E-state index contributed by atoms with van der Waals surface area (Å²) in [5, 5.41) is 9.33. The van der Waals surface area contributed by atoms with Gasteiger partial charge in [0.2, 0.25) is 0 Å². The van der Waals surface area contributed by atoms with Crippen LogP contribution in [-0.2, 0) is 20.2 Å². The molecule has 3 aromatic rings. The van der Waals surface area contributed by atoms with Gasteiger partial charge in [0, 0.05) is 30.4 Å². The van der Waals surface area contributed by atoms with Crippen molar-refractivity contribution in [3.63, 3.8) is 0 Å². The lowest BCUT2D eigenvalue weighted by atomic mass is 10.2. The van der Waals surface area contributed by atoms with Crippen LogP contribution in [0.15, 0.2) is 35.7 Å². The van der Waals surface area contributed by atoms with E-state index in [4.69, 9.17) is 4.74 Å². The first kappa shape index (κ1) is 18.2. The van der Waals surface area contributed by atoms with Crippen LogP contribution in [0.25, 0.3) is 0 Å². The third-order valence-electron chi connectivity index (χ3n) is 4.45. The predicted octanol–water partition coefficient (Wildman–Crippen LogP) is 3.92. The molecule has 2 aromatic heterocycles. The third kappa shape index (κ3) is 3.96. The van der Waals surface area contributed by atoms with Gasteiger partial charge in [-0.25, -0.2) is 0 Å². The number of amides is 1. The van der Waals surface area contributed by atoms with Crippen LogP contribution < -0.4 is 10.1 Å². The van der Waals surface area contributed by atoms with Crippen molar-refractivity contribution in [1.82, 2.24) is 15.1 Å². The topological polar surface area (TPSA) is 56.1 Å². The highest BCUT2D eigenvalue weighted by molar-refractivity contribution is 7.12. The predicted molar refractivity (Wildman–Crippen MR) is 104 cm³/mol. The number of rotatable bonds is 6. The van der Waals surface area contributed by atoms with Crippen molar-refractivity contribution in [2.45, 2.75) is 33.9 Å². The van der Waals surface area contributed by atoms with Crippen LogP contribution >= 0.6 is 11.3 Å². The molecule has 26 heavy (non-hydrogen) atoms. The van der Waals surface area contributed by atoms with Crippen LogP contribution in [-0.4, -0.2) is 15.7 Å². The second-order valence-electron chi connectivity index (χ2n) is 6.33. The Morgan fingerprint density at radius 2 is 2.04 bits per heavy atom. The number of aryl methyl sites for hydroxylation is 3. The minimum absolute atomic E-state index is 0.0696. The molecule has 1 aromatic carbocycles. The average Bonchev–Trinajstić information content (AvgIpc) is 3.18. The van der Waals surface area contributed by atoms with Gasteiger partial charge in [0.1, 0.15) is 12.4 Å². The number of carbonyl (C=O) groups excluding carboxylic acids is 1. The van der Waals surface area contributed by atoms with Gasteiger partial charge in [0.05, 0.1) is 10.6 Å². The van der Waals surface area contributed by atoms with Crippen LogP contribution in [0.4, 0.5) is 0 Å². The maximum absolute atomic E-state index is 12.4. The molecule has 0 unspecified atom stereocenters. The van der Waals surface area contributed by atoms with E-state index in [0.717, 1.165) is 33.8 Å². The first-order valence-electron chi connectivity index (χ1n) is 8.49. The van der Waals surface area contributed by atoms with Crippen LogP contribution in [0.2, 0.25) is 0 Å². The zero-order valence-electron chi connectivity index (χ0n) is 15.5. The van der Waals surface area contributed by atoms with Crippen LogP contribution in [0.3, 0.4) is 0 Å². The van der Waals surface area contributed by atoms with Crippen LogP contribution in [0.5, 0.6) is 5.75 Å². The van der Waals surface area contributed by atoms with E-state index in [2.05, 4.69) is 10.4 Å². The Morgan fingerprint density at radius 1 is 1.27 bits per heavy atom. The number of aromatic nitrogens is 2. The van der Waals surface area contributed by atoms with E-state index in [1.807, 2.05) is 68.2 Å². The van der Waals surface area contributed by atoms with Gasteiger partial charge in [-0.3, -0.25) is 9.48 Å². The third-order valence-corrected chi connectivity index (χ3v) is 5.43. The van der Waals surface area contributed by atoms with Crippen molar-refractivity contribution >= 4 is 17.2 Å². The molecule has 0 aliphatic carbocycles. The van der Waals surface area contributed by atoms with E-state index >= 15 is 0 Å². The molecule has 0 saturated carbocycles. The van der Waals surface area contributed by atoms with Crippen molar-refractivity contribution in [2.75, 3.05) is 0 Å². The smallest absolute Gasteiger partial charge is 0.261 e. The second kappa shape index (κ2) is 7.74. The fraction of sp³-hybridized carbons (Fsp3) is 0.300. The number of nitrogens with zero attached hydrogens (tertiary/aromatic N) is 2. The Hall–Kier alpha value is -2.60. The van der Waals surface area contributed by atoms with Crippen LogP contribution in [0, 0.1) is 20.8 Å². The number of benzene rings is 1. The summed E-state index contributed by atoms with van der Waals surface area (Å²) in [7, 11) is 1.91. The largest absolute Gasteiger partial charge is 0.489 e. The zero-order valence-corrected chi connectivity index (χ0v) is 16.3.